The van der Waals surface area contributed by atoms with Gasteiger partial charge in [-0.05, 0) is 36.1 Å². The molecule has 0 spiro atoms. The normalized spacial score (nSPS) is 10.3. The van der Waals surface area contributed by atoms with Crippen molar-refractivity contribution in [3.8, 4) is 0 Å². The van der Waals surface area contributed by atoms with E-state index in [1.54, 1.807) is 23.9 Å². The number of rotatable bonds is 4. The summed E-state index contributed by atoms with van der Waals surface area (Å²) in [5, 5.41) is 0. The maximum atomic E-state index is 13.4. The highest BCUT2D eigenvalue weighted by atomic mass is 32.2. The molecule has 92 valence electrons. The predicted molar refractivity (Wildman–Crippen MR) is 70.5 cm³/mol. The van der Waals surface area contributed by atoms with Gasteiger partial charge in [0, 0.05) is 16.7 Å². The second-order valence-electron chi connectivity index (χ2n) is 3.64. The fourth-order valence-electron chi connectivity index (χ4n) is 1.58. The van der Waals surface area contributed by atoms with Crippen LogP contribution in [0, 0.1) is 5.82 Å². The summed E-state index contributed by atoms with van der Waals surface area (Å²) in [6, 6.07) is 8.59. The zero-order valence-corrected chi connectivity index (χ0v) is 10.7. The summed E-state index contributed by atoms with van der Waals surface area (Å²) < 4.78 is 13.4. The van der Waals surface area contributed by atoms with Crippen LogP contribution < -0.4 is 0 Å². The SMILES string of the molecule is CCSc1ccc(C(=O)c2ccncc2F)cc1. The first kappa shape index (κ1) is 12.8. The fraction of sp³-hybridized carbons (Fsp3) is 0.143. The van der Waals surface area contributed by atoms with E-state index in [1.165, 1.54) is 12.3 Å². The molecular formula is C14H12FNOS. The second kappa shape index (κ2) is 5.78. The molecule has 4 heteroatoms. The van der Waals surface area contributed by atoms with Crippen LogP contribution in [0.1, 0.15) is 22.8 Å². The van der Waals surface area contributed by atoms with Gasteiger partial charge in [-0.1, -0.05) is 6.92 Å². The second-order valence-corrected chi connectivity index (χ2v) is 4.98. The van der Waals surface area contributed by atoms with Gasteiger partial charge in [-0.3, -0.25) is 9.78 Å². The topological polar surface area (TPSA) is 30.0 Å². The van der Waals surface area contributed by atoms with E-state index >= 15 is 0 Å². The van der Waals surface area contributed by atoms with Gasteiger partial charge < -0.3 is 0 Å². The Morgan fingerprint density at radius 1 is 1.28 bits per heavy atom. The Kier molecular flexibility index (Phi) is 4.10. The van der Waals surface area contributed by atoms with Crippen molar-refractivity contribution in [3.05, 3.63) is 59.7 Å². The van der Waals surface area contributed by atoms with Crippen LogP contribution in [0.25, 0.3) is 0 Å². The molecule has 0 fully saturated rings. The predicted octanol–water partition coefficient (Wildman–Crippen LogP) is 3.56. The molecular weight excluding hydrogens is 249 g/mol. The molecule has 0 aliphatic carbocycles. The summed E-state index contributed by atoms with van der Waals surface area (Å²) in [5.41, 5.74) is 0.543. The van der Waals surface area contributed by atoms with Crippen LogP contribution >= 0.6 is 11.8 Å². The number of halogens is 1. The van der Waals surface area contributed by atoms with Gasteiger partial charge in [0.15, 0.2) is 11.6 Å². The third kappa shape index (κ3) is 2.76. The summed E-state index contributed by atoms with van der Waals surface area (Å²) in [5.74, 6) is 0.0733. The van der Waals surface area contributed by atoms with E-state index in [9.17, 15) is 9.18 Å². The molecule has 0 aliphatic heterocycles. The van der Waals surface area contributed by atoms with Crippen molar-refractivity contribution in [1.82, 2.24) is 4.98 Å². The largest absolute Gasteiger partial charge is 0.288 e. The minimum atomic E-state index is -0.588. The van der Waals surface area contributed by atoms with E-state index in [0.717, 1.165) is 16.8 Å². The van der Waals surface area contributed by atoms with E-state index in [4.69, 9.17) is 0 Å². The summed E-state index contributed by atoms with van der Waals surface area (Å²) in [6.45, 7) is 2.07. The van der Waals surface area contributed by atoms with Crippen LogP contribution in [0.5, 0.6) is 0 Å². The van der Waals surface area contributed by atoms with Crippen molar-refractivity contribution in [2.24, 2.45) is 0 Å². The number of aromatic nitrogens is 1. The number of benzene rings is 1. The Labute approximate surface area is 109 Å². The molecule has 0 aliphatic rings. The number of nitrogens with zero attached hydrogens (tertiary/aromatic N) is 1. The van der Waals surface area contributed by atoms with Crippen LogP contribution in [0.2, 0.25) is 0 Å². The number of carbonyl (C=O) groups excluding carboxylic acids is 1. The third-order valence-electron chi connectivity index (χ3n) is 2.44. The molecule has 0 amide bonds. The molecule has 2 rings (SSSR count). The first-order valence-electron chi connectivity index (χ1n) is 5.59. The molecule has 0 unspecified atom stereocenters. The highest BCUT2D eigenvalue weighted by Gasteiger charge is 2.13. The van der Waals surface area contributed by atoms with Crippen molar-refractivity contribution in [2.75, 3.05) is 5.75 Å². The lowest BCUT2D eigenvalue weighted by Crippen LogP contribution is -2.04. The minimum Gasteiger partial charge on any atom is -0.288 e. The van der Waals surface area contributed by atoms with Crippen molar-refractivity contribution in [1.29, 1.82) is 0 Å². The molecule has 0 saturated carbocycles. The minimum absolute atomic E-state index is 0.0564. The van der Waals surface area contributed by atoms with Gasteiger partial charge in [-0.2, -0.15) is 0 Å². The molecule has 1 aromatic carbocycles. The summed E-state index contributed by atoms with van der Waals surface area (Å²) in [4.78, 5) is 16.8. The van der Waals surface area contributed by atoms with Gasteiger partial charge >= 0.3 is 0 Å². The smallest absolute Gasteiger partial charge is 0.196 e. The number of ketones is 1. The van der Waals surface area contributed by atoms with Gasteiger partial charge in [-0.25, -0.2) is 4.39 Å². The Morgan fingerprint density at radius 2 is 2.00 bits per heavy atom. The maximum absolute atomic E-state index is 13.4. The summed E-state index contributed by atoms with van der Waals surface area (Å²) in [6.07, 6.45) is 2.46. The maximum Gasteiger partial charge on any atom is 0.196 e. The van der Waals surface area contributed by atoms with Gasteiger partial charge in [0.25, 0.3) is 0 Å². The highest BCUT2D eigenvalue weighted by Crippen LogP contribution is 2.19. The molecule has 2 aromatic rings. The Balaban J connectivity index is 2.27. The highest BCUT2D eigenvalue weighted by molar-refractivity contribution is 7.99. The lowest BCUT2D eigenvalue weighted by atomic mass is 10.0. The number of hydrogen-bond acceptors (Lipinski definition) is 3. The average molecular weight is 261 g/mol. The van der Waals surface area contributed by atoms with Gasteiger partial charge in [-0.15, -0.1) is 11.8 Å². The quantitative estimate of drug-likeness (QED) is 0.622. The van der Waals surface area contributed by atoms with Crippen LogP contribution in [0.15, 0.2) is 47.6 Å². The fourth-order valence-corrected chi connectivity index (χ4v) is 2.25. The third-order valence-corrected chi connectivity index (χ3v) is 3.34. The molecule has 0 N–H and O–H groups in total. The van der Waals surface area contributed by atoms with Gasteiger partial charge in [0.2, 0.25) is 0 Å². The molecule has 0 saturated heterocycles. The first-order valence-corrected chi connectivity index (χ1v) is 6.58. The van der Waals surface area contributed by atoms with Crippen molar-refractivity contribution < 1.29 is 9.18 Å². The zero-order chi connectivity index (χ0) is 13.0. The van der Waals surface area contributed by atoms with E-state index in [-0.39, 0.29) is 11.3 Å². The molecule has 18 heavy (non-hydrogen) atoms. The molecule has 1 heterocycles. The molecule has 2 nitrogen and oxygen atoms in total. The lowest BCUT2D eigenvalue weighted by molar-refractivity contribution is 0.103. The Morgan fingerprint density at radius 3 is 2.61 bits per heavy atom. The van der Waals surface area contributed by atoms with Crippen LogP contribution in [-0.4, -0.2) is 16.5 Å². The molecule has 0 bridgehead atoms. The molecule has 0 atom stereocenters. The van der Waals surface area contributed by atoms with Gasteiger partial charge in [0.1, 0.15) is 0 Å². The monoisotopic (exact) mass is 261 g/mol. The van der Waals surface area contributed by atoms with E-state index in [1.807, 2.05) is 12.1 Å². The first-order chi connectivity index (χ1) is 8.72. The van der Waals surface area contributed by atoms with Crippen molar-refractivity contribution in [2.45, 2.75) is 11.8 Å². The standard InChI is InChI=1S/C14H12FNOS/c1-2-18-11-5-3-10(4-6-11)14(17)12-7-8-16-9-13(12)15/h3-9H,2H2,1H3. The zero-order valence-electron chi connectivity index (χ0n) is 9.89. The van der Waals surface area contributed by atoms with Crippen molar-refractivity contribution >= 4 is 17.5 Å². The number of pyridine rings is 1. The summed E-state index contributed by atoms with van der Waals surface area (Å²) >= 11 is 1.70. The number of thioether (sulfide) groups is 1. The average Bonchev–Trinajstić information content (AvgIpc) is 2.40. The van der Waals surface area contributed by atoms with E-state index < -0.39 is 5.82 Å². The van der Waals surface area contributed by atoms with Crippen LogP contribution in [0.4, 0.5) is 4.39 Å². The van der Waals surface area contributed by atoms with Crippen LogP contribution in [-0.2, 0) is 0 Å². The Hall–Kier alpha value is -1.68. The molecule has 0 radical (unpaired) electrons. The lowest BCUT2D eigenvalue weighted by Gasteiger charge is -2.03. The summed E-state index contributed by atoms with van der Waals surface area (Å²) in [7, 11) is 0. The molecule has 1 aromatic heterocycles. The number of hydrogen-bond donors (Lipinski definition) is 0. The van der Waals surface area contributed by atoms with E-state index in [2.05, 4.69) is 11.9 Å². The van der Waals surface area contributed by atoms with Crippen molar-refractivity contribution in [3.63, 3.8) is 0 Å². The van der Waals surface area contributed by atoms with Gasteiger partial charge in [0.05, 0.1) is 11.8 Å². The Bertz CT molecular complexity index is 554. The number of carbonyl (C=O) groups is 1. The van der Waals surface area contributed by atoms with Crippen LogP contribution in [0.3, 0.4) is 0 Å². The van der Waals surface area contributed by atoms with E-state index in [0.29, 0.717) is 5.56 Å².